The summed E-state index contributed by atoms with van der Waals surface area (Å²) in [5.41, 5.74) is 1.08. The van der Waals surface area contributed by atoms with Gasteiger partial charge in [-0.25, -0.2) is 19.6 Å². The lowest BCUT2D eigenvalue weighted by Crippen LogP contribution is -2.00. The van der Waals surface area contributed by atoms with Gasteiger partial charge in [0, 0.05) is 6.17 Å². The van der Waals surface area contributed by atoms with Crippen molar-refractivity contribution in [3.05, 3.63) is 48.1 Å². The van der Waals surface area contributed by atoms with Crippen molar-refractivity contribution in [2.75, 3.05) is 0 Å². The average Bonchev–Trinajstić information content (AvgIpc) is 2.92. The van der Waals surface area contributed by atoms with Crippen LogP contribution >= 0.6 is 11.6 Å². The molecule has 7 heteroatoms. The van der Waals surface area contributed by atoms with E-state index in [9.17, 15) is 0 Å². The van der Waals surface area contributed by atoms with Gasteiger partial charge in [0.2, 0.25) is 5.28 Å². The third kappa shape index (κ3) is 2.05. The van der Waals surface area contributed by atoms with Gasteiger partial charge in [0.05, 0.1) is 25.2 Å². The molecule has 0 unspecified atom stereocenters. The number of rotatable bonds is 2. The quantitative estimate of drug-likeness (QED) is 0.656. The van der Waals surface area contributed by atoms with Gasteiger partial charge in [-0.3, -0.25) is 0 Å². The maximum absolute atomic E-state index is 7.53. The molecular formula is C11H7ClN6. The summed E-state index contributed by atoms with van der Waals surface area (Å²) in [6.07, 6.45) is 3.30. The molecule has 0 aliphatic carbocycles. The summed E-state index contributed by atoms with van der Waals surface area (Å²) in [6.45, 7) is 0. The number of aromatic nitrogens is 6. The molecule has 0 aliphatic rings. The van der Waals surface area contributed by atoms with Gasteiger partial charge in [-0.1, -0.05) is 11.3 Å². The SMILES string of the molecule is [2H]c1cc(-c2cccc(-n3ccnn3)n2)nc(Cl)n1. The molecule has 3 heterocycles. The Labute approximate surface area is 109 Å². The molecule has 3 aromatic rings. The number of halogens is 1. The van der Waals surface area contributed by atoms with Gasteiger partial charge in [-0.2, -0.15) is 0 Å². The zero-order chi connectivity index (χ0) is 13.2. The highest BCUT2D eigenvalue weighted by molar-refractivity contribution is 6.28. The van der Waals surface area contributed by atoms with Crippen molar-refractivity contribution in [2.24, 2.45) is 0 Å². The second-order valence-corrected chi connectivity index (χ2v) is 3.72. The van der Waals surface area contributed by atoms with Crippen molar-refractivity contribution in [1.29, 1.82) is 0 Å². The van der Waals surface area contributed by atoms with E-state index >= 15 is 0 Å². The molecule has 0 saturated heterocycles. The molecule has 0 N–H and O–H groups in total. The van der Waals surface area contributed by atoms with Crippen LogP contribution < -0.4 is 0 Å². The first-order valence-electron chi connectivity index (χ1n) is 5.58. The normalized spacial score (nSPS) is 11.3. The Morgan fingerprint density at radius 2 is 2.06 bits per heavy atom. The van der Waals surface area contributed by atoms with Gasteiger partial charge in [0.25, 0.3) is 0 Å². The van der Waals surface area contributed by atoms with Crippen LogP contribution in [0.3, 0.4) is 0 Å². The summed E-state index contributed by atoms with van der Waals surface area (Å²) in [6, 6.07) is 6.89. The highest BCUT2D eigenvalue weighted by Gasteiger charge is 2.05. The van der Waals surface area contributed by atoms with Gasteiger partial charge < -0.3 is 0 Å². The van der Waals surface area contributed by atoms with Gasteiger partial charge in [-0.15, -0.1) is 5.10 Å². The predicted octanol–water partition coefficient (Wildman–Crippen LogP) is 1.77. The molecular weight excluding hydrogens is 252 g/mol. The lowest BCUT2D eigenvalue weighted by molar-refractivity contribution is 0.782. The van der Waals surface area contributed by atoms with Crippen molar-refractivity contribution in [2.45, 2.75) is 0 Å². The summed E-state index contributed by atoms with van der Waals surface area (Å²) < 4.78 is 9.06. The fourth-order valence-corrected chi connectivity index (χ4v) is 1.60. The van der Waals surface area contributed by atoms with Crippen LogP contribution in [-0.4, -0.2) is 29.9 Å². The first kappa shape index (κ1) is 9.67. The third-order valence-electron chi connectivity index (χ3n) is 2.22. The van der Waals surface area contributed by atoms with Crippen molar-refractivity contribution in [1.82, 2.24) is 29.9 Å². The maximum atomic E-state index is 7.53. The zero-order valence-corrected chi connectivity index (χ0v) is 9.78. The van der Waals surface area contributed by atoms with Gasteiger partial charge >= 0.3 is 0 Å². The van der Waals surface area contributed by atoms with E-state index < -0.39 is 0 Å². The Bertz CT molecular complexity index is 695. The van der Waals surface area contributed by atoms with E-state index in [1.165, 1.54) is 10.7 Å². The van der Waals surface area contributed by atoms with E-state index in [-0.39, 0.29) is 11.5 Å². The van der Waals surface area contributed by atoms with Crippen molar-refractivity contribution < 1.29 is 1.37 Å². The van der Waals surface area contributed by atoms with E-state index in [2.05, 4.69) is 25.3 Å². The topological polar surface area (TPSA) is 69.4 Å². The van der Waals surface area contributed by atoms with Crippen LogP contribution in [0, 0.1) is 0 Å². The lowest BCUT2D eigenvalue weighted by atomic mass is 10.2. The number of hydrogen-bond acceptors (Lipinski definition) is 5. The molecule has 6 nitrogen and oxygen atoms in total. The fourth-order valence-electron chi connectivity index (χ4n) is 1.46. The molecule has 3 rings (SSSR count). The van der Waals surface area contributed by atoms with Crippen LogP contribution in [-0.2, 0) is 0 Å². The number of hydrogen-bond donors (Lipinski definition) is 0. The minimum atomic E-state index is 0.0236. The van der Waals surface area contributed by atoms with E-state index in [0.717, 1.165) is 0 Å². The Balaban J connectivity index is 2.08. The minimum absolute atomic E-state index is 0.0236. The largest absolute Gasteiger partial charge is 0.227 e. The van der Waals surface area contributed by atoms with Crippen LogP contribution in [0.2, 0.25) is 5.28 Å². The van der Waals surface area contributed by atoms with Crippen LogP contribution in [0.25, 0.3) is 17.2 Å². The van der Waals surface area contributed by atoms with Gasteiger partial charge in [-0.05, 0) is 29.8 Å². The lowest BCUT2D eigenvalue weighted by Gasteiger charge is -2.03. The first-order chi connectivity index (χ1) is 9.22. The van der Waals surface area contributed by atoms with Crippen molar-refractivity contribution in [3.63, 3.8) is 0 Å². The van der Waals surface area contributed by atoms with Gasteiger partial charge in [0.15, 0.2) is 5.82 Å². The summed E-state index contributed by atoms with van der Waals surface area (Å²) in [4.78, 5) is 12.1. The maximum Gasteiger partial charge on any atom is 0.222 e. The molecule has 0 amide bonds. The molecule has 0 bridgehead atoms. The highest BCUT2D eigenvalue weighted by Crippen LogP contribution is 2.16. The molecule has 0 aliphatic heterocycles. The number of pyridine rings is 1. The summed E-state index contributed by atoms with van der Waals surface area (Å²) >= 11 is 5.74. The second kappa shape index (κ2) is 4.50. The summed E-state index contributed by atoms with van der Waals surface area (Å²) in [5.74, 6) is 0.608. The smallest absolute Gasteiger partial charge is 0.222 e. The Kier molecular flexibility index (Phi) is 2.42. The van der Waals surface area contributed by atoms with Crippen LogP contribution in [0.4, 0.5) is 0 Å². The molecule has 88 valence electrons. The standard InChI is InChI=1S/C11H7ClN6/c12-11-13-5-4-9(16-11)8-2-1-3-10(15-8)18-7-6-14-17-18/h1-7H/i5D. The van der Waals surface area contributed by atoms with E-state index in [1.807, 2.05) is 6.07 Å². The second-order valence-electron chi connectivity index (χ2n) is 3.38. The minimum Gasteiger partial charge on any atom is -0.227 e. The molecule has 3 aromatic heterocycles. The molecule has 0 atom stereocenters. The zero-order valence-electron chi connectivity index (χ0n) is 10.0. The summed E-state index contributed by atoms with van der Waals surface area (Å²) in [5, 5.41) is 7.61. The Hall–Kier alpha value is -2.34. The molecule has 0 aromatic carbocycles. The highest BCUT2D eigenvalue weighted by atomic mass is 35.5. The number of nitrogens with zero attached hydrogens (tertiary/aromatic N) is 6. The van der Waals surface area contributed by atoms with Crippen molar-refractivity contribution in [3.8, 4) is 17.2 Å². The van der Waals surface area contributed by atoms with E-state index in [1.54, 1.807) is 24.5 Å². The summed E-state index contributed by atoms with van der Waals surface area (Å²) in [7, 11) is 0. The van der Waals surface area contributed by atoms with Crippen LogP contribution in [0.15, 0.2) is 42.8 Å². The third-order valence-corrected chi connectivity index (χ3v) is 2.39. The molecule has 0 spiro atoms. The van der Waals surface area contributed by atoms with E-state index in [4.69, 9.17) is 13.0 Å². The van der Waals surface area contributed by atoms with Crippen molar-refractivity contribution >= 4 is 11.6 Å². The molecule has 0 fully saturated rings. The monoisotopic (exact) mass is 259 g/mol. The predicted molar refractivity (Wildman–Crippen MR) is 65.2 cm³/mol. The van der Waals surface area contributed by atoms with Crippen LogP contribution in [0.1, 0.15) is 1.37 Å². The fraction of sp³-hybridized carbons (Fsp3) is 0. The Morgan fingerprint density at radius 3 is 2.83 bits per heavy atom. The van der Waals surface area contributed by atoms with Crippen LogP contribution in [0.5, 0.6) is 0 Å². The Morgan fingerprint density at radius 1 is 1.17 bits per heavy atom. The van der Waals surface area contributed by atoms with E-state index in [0.29, 0.717) is 17.2 Å². The molecule has 0 radical (unpaired) electrons. The molecule has 0 saturated carbocycles. The average molecular weight is 260 g/mol. The first-order valence-corrected chi connectivity index (χ1v) is 5.45. The van der Waals surface area contributed by atoms with Gasteiger partial charge in [0.1, 0.15) is 0 Å². The molecule has 18 heavy (non-hydrogen) atoms.